The van der Waals surface area contributed by atoms with Crippen LogP contribution in [0.2, 0.25) is 0 Å². The van der Waals surface area contributed by atoms with Gasteiger partial charge in [0.25, 0.3) is 0 Å². The van der Waals surface area contributed by atoms with E-state index in [0.29, 0.717) is 6.42 Å². The quantitative estimate of drug-likeness (QED) is 0.853. The van der Waals surface area contributed by atoms with Gasteiger partial charge in [-0.3, -0.25) is 4.79 Å². The number of hydrogen-bond donors (Lipinski definition) is 2. The van der Waals surface area contributed by atoms with Crippen molar-refractivity contribution in [1.82, 2.24) is 0 Å². The van der Waals surface area contributed by atoms with Crippen molar-refractivity contribution in [2.24, 2.45) is 5.73 Å². The molecule has 0 fully saturated rings. The molecule has 0 saturated heterocycles. The SMILES string of the molecule is NC(Cc1ccsc1Br)C(=O)O. The van der Waals surface area contributed by atoms with E-state index < -0.39 is 12.0 Å². The molecule has 0 radical (unpaired) electrons. The van der Waals surface area contributed by atoms with Crippen LogP contribution in [0.1, 0.15) is 5.56 Å². The molecule has 0 aliphatic rings. The Labute approximate surface area is 82.3 Å². The summed E-state index contributed by atoms with van der Waals surface area (Å²) in [5.74, 6) is -0.965. The number of aliphatic carboxylic acids is 1. The van der Waals surface area contributed by atoms with E-state index in [2.05, 4.69) is 15.9 Å². The monoisotopic (exact) mass is 249 g/mol. The molecule has 0 spiro atoms. The Hall–Kier alpha value is -0.390. The van der Waals surface area contributed by atoms with Gasteiger partial charge in [0.2, 0.25) is 0 Å². The first-order chi connectivity index (χ1) is 5.61. The van der Waals surface area contributed by atoms with Crippen molar-refractivity contribution < 1.29 is 9.90 Å². The number of carboxylic acids is 1. The molecule has 1 aromatic rings. The molecule has 0 aliphatic heterocycles. The van der Waals surface area contributed by atoms with E-state index in [-0.39, 0.29) is 0 Å². The molecule has 1 atom stereocenters. The predicted molar refractivity (Wildman–Crippen MR) is 51.3 cm³/mol. The number of carboxylic acid groups (broad SMARTS) is 1. The maximum atomic E-state index is 10.4. The van der Waals surface area contributed by atoms with Gasteiger partial charge in [0.1, 0.15) is 6.04 Å². The number of nitrogens with two attached hydrogens (primary N) is 1. The van der Waals surface area contributed by atoms with Crippen LogP contribution in [0.5, 0.6) is 0 Å². The molecular formula is C7H8BrNO2S. The summed E-state index contributed by atoms with van der Waals surface area (Å²) in [5, 5.41) is 10.4. The van der Waals surface area contributed by atoms with Crippen molar-refractivity contribution >= 4 is 33.2 Å². The molecule has 0 saturated carbocycles. The van der Waals surface area contributed by atoms with Gasteiger partial charge in [-0.15, -0.1) is 11.3 Å². The Kier molecular flexibility index (Phi) is 3.25. The van der Waals surface area contributed by atoms with Gasteiger partial charge >= 0.3 is 5.97 Å². The van der Waals surface area contributed by atoms with Crippen LogP contribution in [-0.4, -0.2) is 17.1 Å². The van der Waals surface area contributed by atoms with Gasteiger partial charge in [-0.25, -0.2) is 0 Å². The van der Waals surface area contributed by atoms with Crippen LogP contribution < -0.4 is 5.73 Å². The van der Waals surface area contributed by atoms with Crippen LogP contribution in [-0.2, 0) is 11.2 Å². The molecule has 66 valence electrons. The highest BCUT2D eigenvalue weighted by Gasteiger charge is 2.13. The zero-order chi connectivity index (χ0) is 9.14. The van der Waals surface area contributed by atoms with Gasteiger partial charge in [-0.1, -0.05) is 0 Å². The predicted octanol–water partition coefficient (Wildman–Crippen LogP) is 1.47. The first kappa shape index (κ1) is 9.70. The Balaban J connectivity index is 2.64. The lowest BCUT2D eigenvalue weighted by atomic mass is 10.1. The van der Waals surface area contributed by atoms with Crippen LogP contribution >= 0.6 is 27.3 Å². The van der Waals surface area contributed by atoms with Crippen molar-refractivity contribution in [3.8, 4) is 0 Å². The average Bonchev–Trinajstić information content (AvgIpc) is 2.36. The van der Waals surface area contributed by atoms with Gasteiger partial charge in [0, 0.05) is 6.42 Å². The Morgan fingerprint density at radius 3 is 2.92 bits per heavy atom. The summed E-state index contributed by atoms with van der Waals surface area (Å²) in [4.78, 5) is 10.4. The molecule has 3 N–H and O–H groups in total. The molecule has 5 heteroatoms. The number of halogens is 1. The second-order valence-electron chi connectivity index (χ2n) is 2.37. The maximum absolute atomic E-state index is 10.4. The Morgan fingerprint density at radius 1 is 1.83 bits per heavy atom. The molecule has 0 amide bonds. The zero-order valence-corrected chi connectivity index (χ0v) is 8.56. The lowest BCUT2D eigenvalue weighted by Gasteiger charge is -2.03. The molecule has 0 aromatic carbocycles. The van der Waals surface area contributed by atoms with Crippen LogP contribution in [0.25, 0.3) is 0 Å². The molecule has 0 bridgehead atoms. The summed E-state index contributed by atoms with van der Waals surface area (Å²) in [6.45, 7) is 0. The minimum atomic E-state index is -0.965. The summed E-state index contributed by atoms with van der Waals surface area (Å²) in [5.41, 5.74) is 6.31. The standard InChI is InChI=1S/C7H8BrNO2S/c8-6-4(1-2-12-6)3-5(9)7(10)11/h1-2,5H,3,9H2,(H,10,11). The second-order valence-corrected chi connectivity index (χ2v) is 4.60. The third kappa shape index (κ3) is 2.30. The topological polar surface area (TPSA) is 63.3 Å². The third-order valence-corrected chi connectivity index (χ3v) is 3.26. The van der Waals surface area contributed by atoms with E-state index >= 15 is 0 Å². The normalized spacial score (nSPS) is 12.8. The van der Waals surface area contributed by atoms with Crippen molar-refractivity contribution in [2.75, 3.05) is 0 Å². The summed E-state index contributed by atoms with van der Waals surface area (Å²) < 4.78 is 0.958. The maximum Gasteiger partial charge on any atom is 0.320 e. The first-order valence-corrected chi connectivity index (χ1v) is 4.99. The van der Waals surface area contributed by atoms with Crippen molar-refractivity contribution in [1.29, 1.82) is 0 Å². The lowest BCUT2D eigenvalue weighted by Crippen LogP contribution is -2.32. The first-order valence-electron chi connectivity index (χ1n) is 3.31. The van der Waals surface area contributed by atoms with Gasteiger partial charge in [0.15, 0.2) is 0 Å². The highest BCUT2D eigenvalue weighted by atomic mass is 79.9. The van der Waals surface area contributed by atoms with E-state index in [0.717, 1.165) is 9.35 Å². The third-order valence-electron chi connectivity index (χ3n) is 1.45. The fourth-order valence-electron chi connectivity index (χ4n) is 0.790. The van der Waals surface area contributed by atoms with Gasteiger partial charge in [-0.05, 0) is 32.9 Å². The zero-order valence-electron chi connectivity index (χ0n) is 6.16. The fourth-order valence-corrected chi connectivity index (χ4v) is 2.06. The second kappa shape index (κ2) is 4.02. The molecule has 3 nitrogen and oxygen atoms in total. The Bertz CT molecular complexity index is 287. The number of carbonyl (C=O) groups is 1. The fraction of sp³-hybridized carbons (Fsp3) is 0.286. The van der Waals surface area contributed by atoms with Crippen molar-refractivity contribution in [3.05, 3.63) is 20.8 Å². The smallest absolute Gasteiger partial charge is 0.320 e. The van der Waals surface area contributed by atoms with E-state index in [9.17, 15) is 4.79 Å². The van der Waals surface area contributed by atoms with Crippen LogP contribution in [0.3, 0.4) is 0 Å². The van der Waals surface area contributed by atoms with E-state index in [1.54, 1.807) is 0 Å². The largest absolute Gasteiger partial charge is 0.480 e. The minimum Gasteiger partial charge on any atom is -0.480 e. The molecule has 1 rings (SSSR count). The van der Waals surface area contributed by atoms with Gasteiger partial charge < -0.3 is 10.8 Å². The molecule has 0 aliphatic carbocycles. The lowest BCUT2D eigenvalue weighted by molar-refractivity contribution is -0.138. The number of thiophene rings is 1. The Morgan fingerprint density at radius 2 is 2.50 bits per heavy atom. The molecule has 1 heterocycles. The summed E-state index contributed by atoms with van der Waals surface area (Å²) >= 11 is 4.84. The minimum absolute atomic E-state index is 0.374. The van der Waals surface area contributed by atoms with Crippen LogP contribution in [0.15, 0.2) is 15.2 Å². The van der Waals surface area contributed by atoms with E-state index in [1.807, 2.05) is 11.4 Å². The molecular weight excluding hydrogens is 242 g/mol. The highest BCUT2D eigenvalue weighted by molar-refractivity contribution is 9.11. The van der Waals surface area contributed by atoms with E-state index in [4.69, 9.17) is 10.8 Å². The van der Waals surface area contributed by atoms with Crippen molar-refractivity contribution in [3.63, 3.8) is 0 Å². The highest BCUT2D eigenvalue weighted by Crippen LogP contribution is 2.24. The van der Waals surface area contributed by atoms with Crippen molar-refractivity contribution in [2.45, 2.75) is 12.5 Å². The van der Waals surface area contributed by atoms with Crippen LogP contribution in [0, 0.1) is 0 Å². The number of rotatable bonds is 3. The summed E-state index contributed by atoms with van der Waals surface area (Å²) in [6, 6.07) is 1.06. The summed E-state index contributed by atoms with van der Waals surface area (Å²) in [6.07, 6.45) is 0.374. The van der Waals surface area contributed by atoms with Crippen LogP contribution in [0.4, 0.5) is 0 Å². The molecule has 12 heavy (non-hydrogen) atoms. The van der Waals surface area contributed by atoms with Gasteiger partial charge in [0.05, 0.1) is 3.79 Å². The number of hydrogen-bond acceptors (Lipinski definition) is 3. The molecule has 1 unspecified atom stereocenters. The average molecular weight is 250 g/mol. The van der Waals surface area contributed by atoms with Gasteiger partial charge in [-0.2, -0.15) is 0 Å². The molecule has 1 aromatic heterocycles. The summed E-state index contributed by atoms with van der Waals surface area (Å²) in [7, 11) is 0. The van der Waals surface area contributed by atoms with E-state index in [1.165, 1.54) is 11.3 Å².